The molecule has 0 aromatic carbocycles. The molecule has 0 bridgehead atoms. The van der Waals surface area contributed by atoms with Crippen LogP contribution in [0.15, 0.2) is 6.07 Å². The Labute approximate surface area is 86.5 Å². The van der Waals surface area contributed by atoms with E-state index in [0.29, 0.717) is 0 Å². The van der Waals surface area contributed by atoms with E-state index in [1.165, 1.54) is 11.5 Å². The van der Waals surface area contributed by atoms with Crippen molar-refractivity contribution in [3.05, 3.63) is 16.6 Å². The highest BCUT2D eigenvalue weighted by molar-refractivity contribution is 8.00. The van der Waals surface area contributed by atoms with E-state index in [9.17, 15) is 5.11 Å². The number of aliphatic hydroxyl groups is 1. The van der Waals surface area contributed by atoms with E-state index in [2.05, 4.69) is 10.6 Å². The summed E-state index contributed by atoms with van der Waals surface area (Å²) in [5.74, 6) is 0. The molecule has 0 radical (unpaired) electrons. The Kier molecular flexibility index (Phi) is 2.38. The molecule has 4 heteroatoms. The molecule has 1 N–H and O–H groups in total. The first kappa shape index (κ1) is 9.49. The van der Waals surface area contributed by atoms with Crippen molar-refractivity contribution in [3.8, 4) is 0 Å². The maximum atomic E-state index is 10.1. The maximum absolute atomic E-state index is 10.1. The Hall–Kier alpha value is -0.0600. The van der Waals surface area contributed by atoms with Gasteiger partial charge in [0.05, 0.1) is 10.6 Å². The minimum atomic E-state index is -0.311. The van der Waals surface area contributed by atoms with Gasteiger partial charge in [0.15, 0.2) is 0 Å². The molecular formula is C9H13NOS2. The first-order valence-electron chi connectivity index (χ1n) is 4.34. The van der Waals surface area contributed by atoms with Crippen LogP contribution in [0.1, 0.15) is 29.5 Å². The summed E-state index contributed by atoms with van der Waals surface area (Å²) in [7, 11) is 0. The third kappa shape index (κ3) is 1.63. The minimum absolute atomic E-state index is 0.110. The summed E-state index contributed by atoms with van der Waals surface area (Å²) in [4.78, 5) is 1.02. The van der Waals surface area contributed by atoms with Crippen molar-refractivity contribution < 1.29 is 5.11 Å². The number of rotatable bonds is 3. The lowest BCUT2D eigenvalue weighted by Gasteiger charge is -2.17. The summed E-state index contributed by atoms with van der Waals surface area (Å²) in [6.07, 6.45) is 4.02. The highest BCUT2D eigenvalue weighted by atomic mass is 32.2. The van der Waals surface area contributed by atoms with Gasteiger partial charge in [-0.2, -0.15) is 16.1 Å². The zero-order valence-electron chi connectivity index (χ0n) is 7.78. The van der Waals surface area contributed by atoms with Gasteiger partial charge in [-0.15, -0.1) is 0 Å². The fourth-order valence-corrected chi connectivity index (χ4v) is 3.27. The minimum Gasteiger partial charge on any atom is -0.386 e. The third-order valence-electron chi connectivity index (χ3n) is 2.56. The van der Waals surface area contributed by atoms with Gasteiger partial charge in [0.1, 0.15) is 6.10 Å². The molecule has 2 rings (SSSR count). The summed E-state index contributed by atoms with van der Waals surface area (Å²) in [5.41, 5.74) is 1.01. The van der Waals surface area contributed by atoms with Crippen LogP contribution >= 0.6 is 23.3 Å². The molecular weight excluding hydrogens is 202 g/mol. The SMILES string of the molecule is CSC1(C(O)c2cc(C)ns2)CC1. The van der Waals surface area contributed by atoms with Gasteiger partial charge in [0.2, 0.25) is 0 Å². The van der Waals surface area contributed by atoms with Gasteiger partial charge in [0, 0.05) is 4.75 Å². The quantitative estimate of drug-likeness (QED) is 0.840. The number of aliphatic hydroxyl groups excluding tert-OH is 1. The van der Waals surface area contributed by atoms with Crippen molar-refractivity contribution >= 4 is 23.3 Å². The highest BCUT2D eigenvalue weighted by Gasteiger charge is 2.49. The van der Waals surface area contributed by atoms with E-state index < -0.39 is 0 Å². The molecule has 1 aliphatic carbocycles. The molecule has 0 spiro atoms. The van der Waals surface area contributed by atoms with Gasteiger partial charge in [-0.05, 0) is 43.6 Å². The van der Waals surface area contributed by atoms with Crippen LogP contribution in [0, 0.1) is 6.92 Å². The average molecular weight is 215 g/mol. The maximum Gasteiger partial charge on any atom is 0.104 e. The Morgan fingerprint density at radius 3 is 2.77 bits per heavy atom. The summed E-state index contributed by atoms with van der Waals surface area (Å²) in [6.45, 7) is 1.96. The number of hydrogen-bond acceptors (Lipinski definition) is 4. The number of aryl methyl sites for hydroxylation is 1. The lowest BCUT2D eigenvalue weighted by atomic mass is 10.2. The molecule has 1 aromatic heterocycles. The fraction of sp³-hybridized carbons (Fsp3) is 0.667. The molecule has 0 saturated heterocycles. The predicted octanol–water partition coefficient (Wildman–Crippen LogP) is 2.38. The first-order valence-corrected chi connectivity index (χ1v) is 6.34. The molecule has 0 amide bonds. The van der Waals surface area contributed by atoms with Crippen molar-refractivity contribution in [3.63, 3.8) is 0 Å². The van der Waals surface area contributed by atoms with E-state index in [-0.39, 0.29) is 10.9 Å². The number of aromatic nitrogens is 1. The van der Waals surface area contributed by atoms with Crippen molar-refractivity contribution in [2.45, 2.75) is 30.6 Å². The van der Waals surface area contributed by atoms with Gasteiger partial charge in [0.25, 0.3) is 0 Å². The molecule has 1 unspecified atom stereocenters. The monoisotopic (exact) mass is 215 g/mol. The average Bonchev–Trinajstić information content (AvgIpc) is 2.82. The first-order chi connectivity index (χ1) is 6.18. The molecule has 0 aliphatic heterocycles. The second-order valence-corrected chi connectivity index (χ2v) is 5.60. The van der Waals surface area contributed by atoms with Crippen LogP contribution in [0.5, 0.6) is 0 Å². The Morgan fingerprint density at radius 1 is 1.69 bits per heavy atom. The van der Waals surface area contributed by atoms with E-state index in [0.717, 1.165) is 23.4 Å². The Morgan fingerprint density at radius 2 is 2.38 bits per heavy atom. The topological polar surface area (TPSA) is 33.1 Å². The summed E-state index contributed by atoms with van der Waals surface area (Å²) >= 11 is 3.21. The molecule has 1 aromatic rings. The second-order valence-electron chi connectivity index (χ2n) is 3.54. The zero-order valence-corrected chi connectivity index (χ0v) is 9.41. The molecule has 72 valence electrons. The van der Waals surface area contributed by atoms with E-state index in [1.807, 2.05) is 13.0 Å². The van der Waals surface area contributed by atoms with Crippen LogP contribution in [0.3, 0.4) is 0 Å². The predicted molar refractivity (Wildman–Crippen MR) is 57.3 cm³/mol. The molecule has 1 aliphatic rings. The molecule has 1 saturated carbocycles. The van der Waals surface area contributed by atoms with Crippen molar-refractivity contribution in [2.75, 3.05) is 6.26 Å². The van der Waals surface area contributed by atoms with E-state index in [4.69, 9.17) is 0 Å². The van der Waals surface area contributed by atoms with Crippen LogP contribution in [0.2, 0.25) is 0 Å². The molecule has 13 heavy (non-hydrogen) atoms. The molecule has 1 atom stereocenters. The summed E-state index contributed by atoms with van der Waals surface area (Å²) in [5, 5.41) is 10.1. The summed E-state index contributed by atoms with van der Waals surface area (Å²) in [6, 6.07) is 1.99. The van der Waals surface area contributed by atoms with Gasteiger partial charge in [-0.1, -0.05) is 0 Å². The third-order valence-corrected chi connectivity index (χ3v) is 4.94. The largest absolute Gasteiger partial charge is 0.386 e. The highest BCUT2D eigenvalue weighted by Crippen LogP contribution is 2.55. The van der Waals surface area contributed by atoms with Crippen LogP contribution in [0.25, 0.3) is 0 Å². The number of thioether (sulfide) groups is 1. The van der Waals surface area contributed by atoms with Crippen molar-refractivity contribution in [1.82, 2.24) is 4.37 Å². The normalized spacial score (nSPS) is 21.5. The molecule has 1 heterocycles. The summed E-state index contributed by atoms with van der Waals surface area (Å²) < 4.78 is 4.30. The smallest absolute Gasteiger partial charge is 0.104 e. The van der Waals surface area contributed by atoms with Crippen LogP contribution in [-0.2, 0) is 0 Å². The number of nitrogens with zero attached hydrogens (tertiary/aromatic N) is 1. The fourth-order valence-electron chi connectivity index (χ4n) is 1.48. The van der Waals surface area contributed by atoms with E-state index in [1.54, 1.807) is 11.8 Å². The van der Waals surface area contributed by atoms with Crippen LogP contribution in [-0.4, -0.2) is 20.5 Å². The Balaban J connectivity index is 2.17. The number of hydrogen-bond donors (Lipinski definition) is 1. The van der Waals surface area contributed by atoms with Gasteiger partial charge < -0.3 is 5.11 Å². The van der Waals surface area contributed by atoms with E-state index >= 15 is 0 Å². The van der Waals surface area contributed by atoms with Crippen molar-refractivity contribution in [2.24, 2.45) is 0 Å². The second kappa shape index (κ2) is 3.26. The van der Waals surface area contributed by atoms with Crippen LogP contribution in [0.4, 0.5) is 0 Å². The van der Waals surface area contributed by atoms with Crippen LogP contribution < -0.4 is 0 Å². The van der Waals surface area contributed by atoms with Gasteiger partial charge >= 0.3 is 0 Å². The standard InChI is InChI=1S/C9H13NOS2/c1-6-5-7(13-10-6)8(11)9(12-2)3-4-9/h5,8,11H,3-4H2,1-2H3. The van der Waals surface area contributed by atoms with Gasteiger partial charge in [-0.25, -0.2) is 0 Å². The zero-order chi connectivity index (χ0) is 9.47. The van der Waals surface area contributed by atoms with Crippen molar-refractivity contribution in [1.29, 1.82) is 0 Å². The van der Waals surface area contributed by atoms with Gasteiger partial charge in [-0.3, -0.25) is 0 Å². The lowest BCUT2D eigenvalue weighted by Crippen LogP contribution is -2.14. The molecule has 2 nitrogen and oxygen atoms in total. The Bertz CT molecular complexity index is 306. The molecule has 1 fully saturated rings. The lowest BCUT2D eigenvalue weighted by molar-refractivity contribution is 0.171.